The van der Waals surface area contributed by atoms with Crippen molar-refractivity contribution in [1.82, 2.24) is 15.3 Å². The van der Waals surface area contributed by atoms with Gasteiger partial charge in [0.05, 0.1) is 22.7 Å². The summed E-state index contributed by atoms with van der Waals surface area (Å²) in [5.74, 6) is 0.433. The molecule has 0 aliphatic rings. The molecule has 0 aliphatic carbocycles. The Hall–Kier alpha value is -2.42. The molecule has 0 unspecified atom stereocenters. The number of amides is 1. The quantitative estimate of drug-likeness (QED) is 0.295. The van der Waals surface area contributed by atoms with Crippen molar-refractivity contribution in [3.8, 4) is 0 Å². The summed E-state index contributed by atoms with van der Waals surface area (Å²) in [7, 11) is 0. The maximum atomic E-state index is 12.2. The maximum absolute atomic E-state index is 12.2. The Kier molecular flexibility index (Phi) is 6.43. The van der Waals surface area contributed by atoms with Crippen LogP contribution in [-0.4, -0.2) is 34.0 Å². The van der Waals surface area contributed by atoms with Crippen LogP contribution in [0.5, 0.6) is 0 Å². The fraction of sp³-hybridized carbons (Fsp3) is 0.190. The molecule has 0 spiro atoms. The van der Waals surface area contributed by atoms with Gasteiger partial charge in [0.2, 0.25) is 5.91 Å². The normalized spacial score (nSPS) is 11.0. The number of carbonyl (C=O) groups is 2. The van der Waals surface area contributed by atoms with E-state index in [1.54, 1.807) is 0 Å². The van der Waals surface area contributed by atoms with Gasteiger partial charge in [0.1, 0.15) is 0 Å². The van der Waals surface area contributed by atoms with E-state index in [9.17, 15) is 9.59 Å². The molecule has 0 saturated heterocycles. The zero-order chi connectivity index (χ0) is 20.1. The fourth-order valence-electron chi connectivity index (χ4n) is 2.97. The summed E-state index contributed by atoms with van der Waals surface area (Å²) in [6.07, 6.45) is 3.03. The second-order valence-corrected chi connectivity index (χ2v) is 9.46. The molecule has 4 rings (SSSR count). The summed E-state index contributed by atoms with van der Waals surface area (Å²) in [6.45, 7) is 0.585. The molecule has 0 atom stereocenters. The van der Waals surface area contributed by atoms with Gasteiger partial charge >= 0.3 is 0 Å². The molecular weight excluding hydrogens is 422 g/mol. The second-order valence-electron chi connectivity index (χ2n) is 6.43. The molecule has 1 aromatic carbocycles. The predicted octanol–water partition coefficient (Wildman–Crippen LogP) is 4.56. The number of fused-ring (bicyclic) bond motifs is 1. The third-order valence-electron chi connectivity index (χ3n) is 4.39. The molecule has 0 aliphatic heterocycles. The zero-order valence-corrected chi connectivity index (χ0v) is 18.0. The van der Waals surface area contributed by atoms with E-state index in [1.807, 2.05) is 47.3 Å². The van der Waals surface area contributed by atoms with Gasteiger partial charge in [0.15, 0.2) is 10.1 Å². The summed E-state index contributed by atoms with van der Waals surface area (Å²) in [6, 6.07) is 11.9. The van der Waals surface area contributed by atoms with E-state index in [4.69, 9.17) is 0 Å². The lowest BCUT2D eigenvalue weighted by molar-refractivity contribution is -0.120. The Morgan fingerprint density at radius 3 is 2.90 bits per heavy atom. The Morgan fingerprint density at radius 2 is 2.03 bits per heavy atom. The van der Waals surface area contributed by atoms with Gasteiger partial charge in [-0.15, -0.1) is 22.7 Å². The molecule has 2 N–H and O–H groups in total. The lowest BCUT2D eigenvalue weighted by Crippen LogP contribution is -2.27. The van der Waals surface area contributed by atoms with E-state index in [2.05, 4.69) is 21.4 Å². The van der Waals surface area contributed by atoms with Crippen molar-refractivity contribution in [3.05, 3.63) is 69.5 Å². The number of H-pyrrole nitrogens is 1. The Labute approximate surface area is 180 Å². The van der Waals surface area contributed by atoms with Crippen LogP contribution in [0.2, 0.25) is 0 Å². The standard InChI is InChI=1S/C21H19N3O2S3/c25-18(19-6-3-9-27-19)13-29-21-24-15(12-28-21)10-20(26)22-8-7-14-11-23-17-5-2-1-4-16(14)17/h1-6,9,11-12,23H,7-8,10,13H2,(H,22,26). The molecule has 0 fully saturated rings. The van der Waals surface area contributed by atoms with Crippen molar-refractivity contribution < 1.29 is 9.59 Å². The fourth-order valence-corrected chi connectivity index (χ4v) is 5.46. The summed E-state index contributed by atoms with van der Waals surface area (Å²) in [4.78, 5) is 32.8. The number of nitrogens with one attached hydrogen (secondary N) is 2. The molecule has 0 radical (unpaired) electrons. The number of rotatable bonds is 9. The van der Waals surface area contributed by atoms with E-state index < -0.39 is 0 Å². The highest BCUT2D eigenvalue weighted by Gasteiger charge is 2.12. The highest BCUT2D eigenvalue weighted by atomic mass is 32.2. The maximum Gasteiger partial charge on any atom is 0.226 e. The van der Waals surface area contributed by atoms with Crippen molar-refractivity contribution in [2.24, 2.45) is 0 Å². The first-order chi connectivity index (χ1) is 14.2. The van der Waals surface area contributed by atoms with Crippen LogP contribution >= 0.6 is 34.4 Å². The third-order valence-corrected chi connectivity index (χ3v) is 7.37. The lowest BCUT2D eigenvalue weighted by Gasteiger charge is -2.03. The van der Waals surface area contributed by atoms with Crippen LogP contribution in [0.4, 0.5) is 0 Å². The summed E-state index contributed by atoms with van der Waals surface area (Å²) >= 11 is 4.35. The number of para-hydroxylation sites is 1. The van der Waals surface area contributed by atoms with Gasteiger partial charge in [-0.2, -0.15) is 0 Å². The number of nitrogens with zero attached hydrogens (tertiary/aromatic N) is 1. The van der Waals surface area contributed by atoms with Crippen molar-refractivity contribution in [2.45, 2.75) is 17.2 Å². The molecule has 0 bridgehead atoms. The van der Waals surface area contributed by atoms with E-state index in [-0.39, 0.29) is 18.1 Å². The molecule has 8 heteroatoms. The van der Waals surface area contributed by atoms with Crippen molar-refractivity contribution in [3.63, 3.8) is 0 Å². The Bertz CT molecular complexity index is 1120. The van der Waals surface area contributed by atoms with Crippen LogP contribution < -0.4 is 5.32 Å². The molecule has 4 aromatic rings. The summed E-state index contributed by atoms with van der Waals surface area (Å²) in [5, 5.41) is 7.94. The monoisotopic (exact) mass is 441 g/mol. The Balaban J connectivity index is 1.22. The molecule has 1 amide bonds. The first-order valence-corrected chi connectivity index (χ1v) is 11.9. The number of thiazole rings is 1. The predicted molar refractivity (Wildman–Crippen MR) is 120 cm³/mol. The molecule has 5 nitrogen and oxygen atoms in total. The van der Waals surface area contributed by atoms with Crippen LogP contribution in [0.15, 0.2) is 57.7 Å². The topological polar surface area (TPSA) is 74.8 Å². The molecule has 29 heavy (non-hydrogen) atoms. The van der Waals surface area contributed by atoms with Gasteiger partial charge in [-0.3, -0.25) is 9.59 Å². The van der Waals surface area contributed by atoms with E-state index >= 15 is 0 Å². The van der Waals surface area contributed by atoms with E-state index in [1.165, 1.54) is 45.4 Å². The van der Waals surface area contributed by atoms with Crippen LogP contribution in [0.1, 0.15) is 20.9 Å². The highest BCUT2D eigenvalue weighted by Crippen LogP contribution is 2.24. The molecule has 3 heterocycles. The molecule has 148 valence electrons. The number of thiophene rings is 1. The third kappa shape index (κ3) is 5.14. The van der Waals surface area contributed by atoms with Crippen molar-refractivity contribution in [2.75, 3.05) is 12.3 Å². The smallest absolute Gasteiger partial charge is 0.226 e. The molecule has 0 saturated carbocycles. The van der Waals surface area contributed by atoms with E-state index in [0.717, 1.165) is 26.8 Å². The molecular formula is C21H19N3O2S3. The van der Waals surface area contributed by atoms with Gasteiger partial charge < -0.3 is 10.3 Å². The number of thioether (sulfide) groups is 1. The number of Topliss-reactive ketones (excluding diaryl/α,β-unsaturated/α-hetero) is 1. The number of hydrogen-bond donors (Lipinski definition) is 2. The first-order valence-electron chi connectivity index (χ1n) is 9.14. The lowest BCUT2D eigenvalue weighted by atomic mass is 10.1. The largest absolute Gasteiger partial charge is 0.361 e. The van der Waals surface area contributed by atoms with Crippen molar-refractivity contribution >= 4 is 57.0 Å². The second kappa shape index (κ2) is 9.39. The van der Waals surface area contributed by atoms with Crippen LogP contribution in [-0.2, 0) is 17.6 Å². The number of aromatic amines is 1. The average Bonchev–Trinajstić information content (AvgIpc) is 3.48. The minimum atomic E-state index is -0.0404. The number of aromatic nitrogens is 2. The van der Waals surface area contributed by atoms with Gasteiger partial charge in [-0.1, -0.05) is 36.0 Å². The minimum absolute atomic E-state index is 0.0404. The van der Waals surface area contributed by atoms with Gasteiger partial charge in [0.25, 0.3) is 0 Å². The first kappa shape index (κ1) is 19.9. The summed E-state index contributed by atoms with van der Waals surface area (Å²) < 4.78 is 0.816. The Morgan fingerprint density at radius 1 is 1.14 bits per heavy atom. The SMILES string of the molecule is O=C(Cc1csc(SCC(=O)c2cccs2)n1)NCCc1c[nH]c2ccccc12. The van der Waals surface area contributed by atoms with E-state index in [0.29, 0.717) is 12.3 Å². The van der Waals surface area contributed by atoms with Crippen LogP contribution in [0.3, 0.4) is 0 Å². The van der Waals surface area contributed by atoms with Gasteiger partial charge in [-0.05, 0) is 29.5 Å². The molecule has 3 aromatic heterocycles. The van der Waals surface area contributed by atoms with Gasteiger partial charge in [-0.25, -0.2) is 4.98 Å². The average molecular weight is 442 g/mol. The number of ketones is 1. The summed E-state index contributed by atoms with van der Waals surface area (Å²) in [5.41, 5.74) is 3.05. The van der Waals surface area contributed by atoms with Gasteiger partial charge in [0, 0.05) is 29.0 Å². The number of benzene rings is 1. The number of carbonyl (C=O) groups excluding carboxylic acids is 2. The number of hydrogen-bond acceptors (Lipinski definition) is 6. The van der Waals surface area contributed by atoms with Crippen molar-refractivity contribution in [1.29, 1.82) is 0 Å². The minimum Gasteiger partial charge on any atom is -0.361 e. The van der Waals surface area contributed by atoms with Crippen LogP contribution in [0.25, 0.3) is 10.9 Å². The van der Waals surface area contributed by atoms with Crippen LogP contribution in [0, 0.1) is 0 Å². The zero-order valence-electron chi connectivity index (χ0n) is 15.5. The highest BCUT2D eigenvalue weighted by molar-refractivity contribution is 8.01.